The lowest BCUT2D eigenvalue weighted by Gasteiger charge is -2.22. The molecular formula is C19H23N5O. The van der Waals surface area contributed by atoms with Crippen LogP contribution in [0.3, 0.4) is 0 Å². The molecule has 0 N–H and O–H groups in total. The Morgan fingerprint density at radius 1 is 1.24 bits per heavy atom. The van der Waals surface area contributed by atoms with E-state index in [1.54, 1.807) is 15.8 Å². The van der Waals surface area contributed by atoms with Gasteiger partial charge in [-0.25, -0.2) is 9.67 Å². The lowest BCUT2D eigenvalue weighted by atomic mass is 10.1. The van der Waals surface area contributed by atoms with Crippen LogP contribution in [0, 0.1) is 19.8 Å². The maximum atomic E-state index is 12.8. The van der Waals surface area contributed by atoms with Gasteiger partial charge in [-0.3, -0.25) is 9.78 Å². The highest BCUT2D eigenvalue weighted by Gasteiger charge is 2.20. The molecule has 0 radical (unpaired) electrons. The Hall–Kier alpha value is -2.76. The zero-order valence-corrected chi connectivity index (χ0v) is 15.1. The molecular weight excluding hydrogens is 314 g/mol. The predicted molar refractivity (Wildman–Crippen MR) is 96.9 cm³/mol. The average Bonchev–Trinajstić information content (AvgIpc) is 2.91. The zero-order chi connectivity index (χ0) is 18.0. The predicted octanol–water partition coefficient (Wildman–Crippen LogP) is 2.74. The Morgan fingerprint density at radius 3 is 2.76 bits per heavy atom. The number of pyridine rings is 1. The Labute approximate surface area is 147 Å². The van der Waals surface area contributed by atoms with Crippen molar-refractivity contribution in [3.05, 3.63) is 53.7 Å². The van der Waals surface area contributed by atoms with Gasteiger partial charge in [-0.2, -0.15) is 5.10 Å². The molecule has 0 spiro atoms. The quantitative estimate of drug-likeness (QED) is 0.718. The number of carbonyl (C=O) groups excluding carboxylic acids is 1. The molecule has 1 aromatic carbocycles. The Morgan fingerprint density at radius 2 is 2.04 bits per heavy atom. The largest absolute Gasteiger partial charge is 0.341 e. The van der Waals surface area contributed by atoms with Crippen molar-refractivity contribution < 1.29 is 4.79 Å². The number of benzene rings is 1. The number of aryl methyl sites for hydroxylation is 2. The molecule has 3 aromatic rings. The highest BCUT2D eigenvalue weighted by molar-refractivity contribution is 5.83. The van der Waals surface area contributed by atoms with Gasteiger partial charge in [-0.1, -0.05) is 25.1 Å². The molecule has 1 amide bonds. The molecule has 25 heavy (non-hydrogen) atoms. The van der Waals surface area contributed by atoms with Gasteiger partial charge in [-0.15, -0.1) is 0 Å². The first-order valence-corrected chi connectivity index (χ1v) is 8.41. The summed E-state index contributed by atoms with van der Waals surface area (Å²) in [5.41, 5.74) is 2.05. The summed E-state index contributed by atoms with van der Waals surface area (Å²) >= 11 is 0. The summed E-state index contributed by atoms with van der Waals surface area (Å²) in [6.07, 6.45) is 1.78. The third-order valence-corrected chi connectivity index (χ3v) is 4.35. The van der Waals surface area contributed by atoms with Crippen molar-refractivity contribution >= 4 is 16.8 Å². The van der Waals surface area contributed by atoms with Crippen molar-refractivity contribution in [2.75, 3.05) is 7.05 Å². The van der Waals surface area contributed by atoms with Crippen LogP contribution in [0.15, 0.2) is 36.5 Å². The van der Waals surface area contributed by atoms with Gasteiger partial charge in [0.1, 0.15) is 11.6 Å². The van der Waals surface area contributed by atoms with E-state index in [-0.39, 0.29) is 11.8 Å². The second kappa shape index (κ2) is 7.01. The summed E-state index contributed by atoms with van der Waals surface area (Å²) < 4.78 is 1.80. The number of aromatic nitrogens is 4. The second-order valence-electron chi connectivity index (χ2n) is 6.47. The van der Waals surface area contributed by atoms with E-state index in [1.165, 1.54) is 0 Å². The zero-order valence-electron chi connectivity index (χ0n) is 15.1. The molecule has 3 rings (SSSR count). The second-order valence-corrected chi connectivity index (χ2v) is 6.47. The van der Waals surface area contributed by atoms with Crippen molar-refractivity contribution in [2.24, 2.45) is 5.92 Å². The molecule has 0 aliphatic heterocycles. The van der Waals surface area contributed by atoms with E-state index in [0.29, 0.717) is 13.1 Å². The van der Waals surface area contributed by atoms with Gasteiger partial charge in [-0.05, 0) is 31.5 Å². The number of rotatable bonds is 5. The maximum absolute atomic E-state index is 12.8. The fourth-order valence-electron chi connectivity index (χ4n) is 3.09. The van der Waals surface area contributed by atoms with E-state index < -0.39 is 0 Å². The first-order chi connectivity index (χ1) is 12.0. The van der Waals surface area contributed by atoms with Crippen LogP contribution >= 0.6 is 0 Å². The van der Waals surface area contributed by atoms with Crippen LogP contribution in [0.25, 0.3) is 10.9 Å². The van der Waals surface area contributed by atoms with Crippen LogP contribution in [0.1, 0.15) is 24.1 Å². The number of carbonyl (C=O) groups is 1. The average molecular weight is 337 g/mol. The van der Waals surface area contributed by atoms with Crippen molar-refractivity contribution in [3.8, 4) is 0 Å². The summed E-state index contributed by atoms with van der Waals surface area (Å²) in [7, 11) is 1.84. The van der Waals surface area contributed by atoms with E-state index in [2.05, 4.69) is 15.1 Å². The van der Waals surface area contributed by atoms with Gasteiger partial charge in [0, 0.05) is 25.2 Å². The molecule has 0 unspecified atom stereocenters. The molecule has 0 bridgehead atoms. The highest BCUT2D eigenvalue weighted by atomic mass is 16.2. The van der Waals surface area contributed by atoms with Gasteiger partial charge in [0.15, 0.2) is 0 Å². The first kappa shape index (κ1) is 17.1. The lowest BCUT2D eigenvalue weighted by molar-refractivity contribution is -0.134. The number of hydrogen-bond donors (Lipinski definition) is 0. The van der Waals surface area contributed by atoms with E-state index in [9.17, 15) is 4.79 Å². The molecule has 0 saturated heterocycles. The third-order valence-electron chi connectivity index (χ3n) is 4.35. The van der Waals surface area contributed by atoms with Crippen molar-refractivity contribution in [2.45, 2.75) is 33.9 Å². The van der Waals surface area contributed by atoms with Gasteiger partial charge in [0.05, 0.1) is 18.0 Å². The number of hydrogen-bond acceptors (Lipinski definition) is 4. The topological polar surface area (TPSA) is 63.9 Å². The minimum Gasteiger partial charge on any atom is -0.341 e. The minimum atomic E-state index is -0.169. The van der Waals surface area contributed by atoms with E-state index in [4.69, 9.17) is 0 Å². The van der Waals surface area contributed by atoms with E-state index in [1.807, 2.05) is 58.2 Å². The Bertz CT molecular complexity index is 896. The molecule has 0 aliphatic carbocycles. The molecule has 6 heteroatoms. The standard InChI is InChI=1S/C19H23N5O/c1-13(11-24-15(3)21-14(2)22-24)19(25)23(4)12-16-7-5-9-18-17(16)8-6-10-20-18/h5-10,13H,11-12H2,1-4H3/t13-/m1/s1. The monoisotopic (exact) mass is 337 g/mol. The van der Waals surface area contributed by atoms with Gasteiger partial charge in [0.25, 0.3) is 0 Å². The summed E-state index contributed by atoms with van der Waals surface area (Å²) in [4.78, 5) is 23.2. The molecule has 0 aliphatic rings. The molecule has 6 nitrogen and oxygen atoms in total. The van der Waals surface area contributed by atoms with Crippen LogP contribution in [0.5, 0.6) is 0 Å². The minimum absolute atomic E-state index is 0.0912. The first-order valence-electron chi connectivity index (χ1n) is 8.41. The molecule has 2 aromatic heterocycles. The SMILES string of the molecule is Cc1nc(C)n(C[C@@H](C)C(=O)N(C)Cc2cccc3ncccc23)n1. The number of fused-ring (bicyclic) bond motifs is 1. The van der Waals surface area contributed by atoms with Crippen LogP contribution in [0.2, 0.25) is 0 Å². The summed E-state index contributed by atoms with van der Waals surface area (Å²) in [6.45, 7) is 6.79. The fourth-order valence-corrected chi connectivity index (χ4v) is 3.09. The van der Waals surface area contributed by atoms with Crippen molar-refractivity contribution in [1.29, 1.82) is 0 Å². The molecule has 0 saturated carbocycles. The van der Waals surface area contributed by atoms with Crippen molar-refractivity contribution in [3.63, 3.8) is 0 Å². The van der Waals surface area contributed by atoms with Gasteiger partial charge in [0.2, 0.25) is 5.91 Å². The molecule has 1 atom stereocenters. The van der Waals surface area contributed by atoms with Crippen molar-refractivity contribution in [1.82, 2.24) is 24.6 Å². The van der Waals surface area contributed by atoms with Crippen LogP contribution in [-0.2, 0) is 17.9 Å². The fraction of sp³-hybridized carbons (Fsp3) is 0.368. The number of amides is 1. The van der Waals surface area contributed by atoms with Gasteiger partial charge < -0.3 is 4.90 Å². The summed E-state index contributed by atoms with van der Waals surface area (Å²) in [6, 6.07) is 9.98. The summed E-state index contributed by atoms with van der Waals surface area (Å²) in [5, 5.41) is 5.43. The van der Waals surface area contributed by atoms with E-state index in [0.717, 1.165) is 28.1 Å². The van der Waals surface area contributed by atoms with Crippen LogP contribution < -0.4 is 0 Å². The van der Waals surface area contributed by atoms with Gasteiger partial charge >= 0.3 is 0 Å². The Kier molecular flexibility index (Phi) is 4.79. The van der Waals surface area contributed by atoms with E-state index >= 15 is 0 Å². The maximum Gasteiger partial charge on any atom is 0.227 e. The normalized spacial score (nSPS) is 12.3. The van der Waals surface area contributed by atoms with Crippen LogP contribution in [0.4, 0.5) is 0 Å². The van der Waals surface area contributed by atoms with Crippen LogP contribution in [-0.4, -0.2) is 37.6 Å². The number of nitrogens with zero attached hydrogens (tertiary/aromatic N) is 5. The third kappa shape index (κ3) is 3.68. The molecule has 0 fully saturated rings. The lowest BCUT2D eigenvalue weighted by Crippen LogP contribution is -2.33. The summed E-state index contributed by atoms with van der Waals surface area (Å²) in [5.74, 6) is 1.49. The Balaban J connectivity index is 1.72. The highest BCUT2D eigenvalue weighted by Crippen LogP contribution is 2.18. The smallest absolute Gasteiger partial charge is 0.227 e. The molecule has 130 valence electrons. The molecule has 2 heterocycles.